The molecule has 1 spiro atoms. The van der Waals surface area contributed by atoms with Crippen molar-refractivity contribution < 1.29 is 9.47 Å². The van der Waals surface area contributed by atoms with Crippen LogP contribution in [0.2, 0.25) is 0 Å². The second kappa shape index (κ2) is 5.19. The third-order valence-electron chi connectivity index (χ3n) is 2.94. The molecule has 0 radical (unpaired) electrons. The first-order valence-electron chi connectivity index (χ1n) is 5.78. The Hall–Kier alpha value is 0.130. The van der Waals surface area contributed by atoms with E-state index >= 15 is 0 Å². The van der Waals surface area contributed by atoms with Gasteiger partial charge in [-0.25, -0.2) is 0 Å². The van der Waals surface area contributed by atoms with Gasteiger partial charge in [-0.15, -0.1) is 12.4 Å². The van der Waals surface area contributed by atoms with Gasteiger partial charge < -0.3 is 15.2 Å². The molecule has 2 saturated heterocycles. The molecule has 5 heteroatoms. The number of nitrogens with two attached hydrogens (primary N) is 1. The molecule has 0 atom stereocenters. The summed E-state index contributed by atoms with van der Waals surface area (Å²) >= 11 is 0. The van der Waals surface area contributed by atoms with Gasteiger partial charge in [0.2, 0.25) is 0 Å². The molecule has 2 heterocycles. The maximum atomic E-state index is 6.03. The summed E-state index contributed by atoms with van der Waals surface area (Å²) in [6, 6.07) is 0. The summed E-state index contributed by atoms with van der Waals surface area (Å²) in [5, 5.41) is 0. The number of hydrogen-bond donors (Lipinski definition) is 1. The van der Waals surface area contributed by atoms with Crippen LogP contribution in [0.3, 0.4) is 0 Å². The summed E-state index contributed by atoms with van der Waals surface area (Å²) in [6.45, 7) is 8.47. The van der Waals surface area contributed by atoms with E-state index in [-0.39, 0.29) is 23.7 Å². The van der Waals surface area contributed by atoms with Crippen molar-refractivity contribution in [2.75, 3.05) is 32.8 Å². The van der Waals surface area contributed by atoms with E-state index in [1.165, 1.54) is 0 Å². The van der Waals surface area contributed by atoms with E-state index in [2.05, 4.69) is 18.7 Å². The van der Waals surface area contributed by atoms with E-state index in [4.69, 9.17) is 15.2 Å². The molecule has 16 heavy (non-hydrogen) atoms. The topological polar surface area (TPSA) is 47.7 Å². The molecule has 4 nitrogen and oxygen atoms in total. The van der Waals surface area contributed by atoms with Crippen LogP contribution in [-0.2, 0) is 9.47 Å². The average Bonchev–Trinajstić information content (AvgIpc) is 2.50. The van der Waals surface area contributed by atoms with E-state index in [1.807, 2.05) is 0 Å². The third kappa shape index (κ3) is 3.57. The van der Waals surface area contributed by atoms with Crippen molar-refractivity contribution in [3.05, 3.63) is 0 Å². The van der Waals surface area contributed by atoms with Gasteiger partial charge in [0.1, 0.15) is 0 Å². The van der Waals surface area contributed by atoms with Crippen LogP contribution in [0.4, 0.5) is 0 Å². The molecule has 2 aliphatic heterocycles. The SMILES string of the molecule is CC(C)(N)CN1CCCC2(C1)OCCO2.Cl. The summed E-state index contributed by atoms with van der Waals surface area (Å²) in [6.07, 6.45) is 2.16. The fraction of sp³-hybridized carbons (Fsp3) is 1.00. The minimum atomic E-state index is -0.316. The van der Waals surface area contributed by atoms with Crippen LogP contribution in [-0.4, -0.2) is 49.1 Å². The monoisotopic (exact) mass is 250 g/mol. The summed E-state index contributed by atoms with van der Waals surface area (Å²) in [4.78, 5) is 2.36. The molecule has 2 N–H and O–H groups in total. The zero-order chi connectivity index (χ0) is 10.9. The van der Waals surface area contributed by atoms with E-state index in [1.54, 1.807) is 0 Å². The van der Waals surface area contributed by atoms with Crippen molar-refractivity contribution in [2.45, 2.75) is 38.0 Å². The highest BCUT2D eigenvalue weighted by Gasteiger charge is 2.41. The molecule has 2 fully saturated rings. The molecule has 0 amide bonds. The van der Waals surface area contributed by atoms with E-state index in [9.17, 15) is 0 Å². The Morgan fingerprint density at radius 3 is 2.50 bits per heavy atom. The zero-order valence-corrected chi connectivity index (χ0v) is 11.0. The van der Waals surface area contributed by atoms with Crippen LogP contribution in [0.1, 0.15) is 26.7 Å². The number of halogens is 1. The first-order valence-corrected chi connectivity index (χ1v) is 5.78. The maximum Gasteiger partial charge on any atom is 0.181 e. The van der Waals surface area contributed by atoms with Crippen molar-refractivity contribution in [3.63, 3.8) is 0 Å². The van der Waals surface area contributed by atoms with Crippen LogP contribution in [0.25, 0.3) is 0 Å². The lowest BCUT2D eigenvalue weighted by Gasteiger charge is -2.40. The lowest BCUT2D eigenvalue weighted by molar-refractivity contribution is -0.190. The van der Waals surface area contributed by atoms with Crippen molar-refractivity contribution in [2.24, 2.45) is 5.73 Å². The highest BCUT2D eigenvalue weighted by atomic mass is 35.5. The lowest BCUT2D eigenvalue weighted by atomic mass is 10.0. The van der Waals surface area contributed by atoms with Gasteiger partial charge in [0, 0.05) is 18.5 Å². The van der Waals surface area contributed by atoms with Crippen LogP contribution in [0.15, 0.2) is 0 Å². The van der Waals surface area contributed by atoms with Crippen molar-refractivity contribution in [1.82, 2.24) is 4.90 Å². The normalized spacial score (nSPS) is 25.7. The molecule has 0 bridgehead atoms. The maximum absolute atomic E-state index is 6.03. The number of likely N-dealkylation sites (tertiary alicyclic amines) is 1. The summed E-state index contributed by atoms with van der Waals surface area (Å²) < 4.78 is 11.4. The smallest absolute Gasteiger partial charge is 0.181 e. The number of piperidine rings is 1. The molecule has 0 aromatic carbocycles. The fourth-order valence-electron chi connectivity index (χ4n) is 2.51. The van der Waals surface area contributed by atoms with Gasteiger partial charge in [-0.2, -0.15) is 0 Å². The summed E-state index contributed by atoms with van der Waals surface area (Å²) in [7, 11) is 0. The second-order valence-corrected chi connectivity index (χ2v) is 5.41. The van der Waals surface area contributed by atoms with Crippen molar-refractivity contribution >= 4 is 12.4 Å². The Morgan fingerprint density at radius 1 is 1.31 bits per heavy atom. The van der Waals surface area contributed by atoms with Gasteiger partial charge >= 0.3 is 0 Å². The van der Waals surface area contributed by atoms with Crippen LogP contribution < -0.4 is 5.73 Å². The molecular weight excluding hydrogens is 228 g/mol. The average molecular weight is 251 g/mol. The molecule has 0 aromatic heterocycles. The largest absolute Gasteiger partial charge is 0.346 e. The van der Waals surface area contributed by atoms with Gasteiger partial charge in [0.05, 0.1) is 19.8 Å². The molecule has 2 rings (SSSR count). The fourth-order valence-corrected chi connectivity index (χ4v) is 2.51. The Morgan fingerprint density at radius 2 is 1.94 bits per heavy atom. The van der Waals surface area contributed by atoms with Crippen molar-refractivity contribution in [3.8, 4) is 0 Å². The zero-order valence-electron chi connectivity index (χ0n) is 10.2. The standard InChI is InChI=1S/C11H22N2O2.ClH/c1-10(2,12)8-13-5-3-4-11(9-13)14-6-7-15-11;/h3-9,12H2,1-2H3;1H. The summed E-state index contributed by atoms with van der Waals surface area (Å²) in [5.41, 5.74) is 5.89. The number of rotatable bonds is 2. The van der Waals surface area contributed by atoms with Gasteiger partial charge in [0.15, 0.2) is 5.79 Å². The van der Waals surface area contributed by atoms with Gasteiger partial charge in [-0.3, -0.25) is 4.90 Å². The third-order valence-corrected chi connectivity index (χ3v) is 2.94. The molecule has 96 valence electrons. The van der Waals surface area contributed by atoms with Gasteiger partial charge in [-0.05, 0) is 26.8 Å². The molecule has 0 aromatic rings. The molecule has 0 aliphatic carbocycles. The van der Waals surface area contributed by atoms with Crippen molar-refractivity contribution in [1.29, 1.82) is 0 Å². The highest BCUT2D eigenvalue weighted by molar-refractivity contribution is 5.85. The number of hydrogen-bond acceptors (Lipinski definition) is 4. The Labute approximate surface area is 104 Å². The van der Waals surface area contributed by atoms with Crippen LogP contribution in [0.5, 0.6) is 0 Å². The number of ether oxygens (including phenoxy) is 2. The highest BCUT2D eigenvalue weighted by Crippen LogP contribution is 2.30. The summed E-state index contributed by atoms with van der Waals surface area (Å²) in [5.74, 6) is -0.316. The Bertz CT molecular complexity index is 225. The molecular formula is C11H23ClN2O2. The molecule has 0 saturated carbocycles. The predicted octanol–water partition coefficient (Wildman–Crippen LogP) is 0.984. The first-order chi connectivity index (χ1) is 6.99. The molecule has 2 aliphatic rings. The minimum Gasteiger partial charge on any atom is -0.346 e. The Kier molecular flexibility index (Phi) is 4.60. The van der Waals surface area contributed by atoms with E-state index in [0.717, 1.165) is 45.7 Å². The predicted molar refractivity (Wildman–Crippen MR) is 65.8 cm³/mol. The van der Waals surface area contributed by atoms with Crippen LogP contribution >= 0.6 is 12.4 Å². The quantitative estimate of drug-likeness (QED) is 0.794. The molecule has 0 unspecified atom stereocenters. The Balaban J connectivity index is 0.00000128. The minimum absolute atomic E-state index is 0. The van der Waals surface area contributed by atoms with E-state index < -0.39 is 0 Å². The second-order valence-electron chi connectivity index (χ2n) is 5.41. The first kappa shape index (κ1) is 14.2. The lowest BCUT2D eigenvalue weighted by Crippen LogP contribution is -2.54. The van der Waals surface area contributed by atoms with Gasteiger partial charge in [-0.1, -0.05) is 0 Å². The number of nitrogens with zero attached hydrogens (tertiary/aromatic N) is 1. The van der Waals surface area contributed by atoms with E-state index in [0.29, 0.717) is 0 Å². The van der Waals surface area contributed by atoms with Crippen LogP contribution in [0, 0.1) is 0 Å². The van der Waals surface area contributed by atoms with Gasteiger partial charge in [0.25, 0.3) is 0 Å².